The third-order valence-electron chi connectivity index (χ3n) is 6.29. The smallest absolute Gasteiger partial charge is 0.243 e. The molecule has 5 rings (SSSR count). The number of sulfonamides is 1. The van der Waals surface area contributed by atoms with E-state index in [1.54, 1.807) is 18.3 Å². The summed E-state index contributed by atoms with van der Waals surface area (Å²) in [6.07, 6.45) is 5.37. The van der Waals surface area contributed by atoms with Crippen molar-refractivity contribution < 1.29 is 17.9 Å². The molecule has 12 heteroatoms. The number of benzene rings is 1. The minimum Gasteiger partial charge on any atom is -0.495 e. The first kappa shape index (κ1) is 23.2. The Morgan fingerprint density at radius 1 is 1.26 bits per heavy atom. The second kappa shape index (κ2) is 9.57. The van der Waals surface area contributed by atoms with Crippen molar-refractivity contribution in [3.8, 4) is 5.75 Å². The zero-order valence-corrected chi connectivity index (χ0v) is 20.4. The molecule has 3 heterocycles. The van der Waals surface area contributed by atoms with Crippen molar-refractivity contribution in [3.05, 3.63) is 29.4 Å². The molecular weight excluding hydrogens is 480 g/mol. The summed E-state index contributed by atoms with van der Waals surface area (Å²) in [5, 5.41) is 7.87. The third-order valence-corrected chi connectivity index (χ3v) is 8.49. The maximum atomic E-state index is 13.0. The van der Waals surface area contributed by atoms with Crippen molar-refractivity contribution in [1.82, 2.24) is 19.3 Å². The third kappa shape index (κ3) is 4.52. The number of nitrogens with one attached hydrogen (secondary N) is 3. The molecule has 2 aliphatic rings. The highest BCUT2D eigenvalue weighted by molar-refractivity contribution is 7.89. The zero-order valence-electron chi connectivity index (χ0n) is 18.8. The van der Waals surface area contributed by atoms with Gasteiger partial charge < -0.3 is 25.1 Å². The number of aromatic amines is 1. The number of fused-ring (bicyclic) bond motifs is 1. The molecule has 0 unspecified atom stereocenters. The van der Waals surface area contributed by atoms with Gasteiger partial charge in [-0.2, -0.15) is 14.3 Å². The maximum Gasteiger partial charge on any atom is 0.243 e. The molecule has 2 fully saturated rings. The van der Waals surface area contributed by atoms with E-state index in [0.29, 0.717) is 66.1 Å². The van der Waals surface area contributed by atoms with Crippen molar-refractivity contribution in [2.24, 2.45) is 5.92 Å². The van der Waals surface area contributed by atoms with Gasteiger partial charge in [-0.05, 0) is 30.9 Å². The Labute approximate surface area is 203 Å². The van der Waals surface area contributed by atoms with Crippen LogP contribution in [0.15, 0.2) is 29.3 Å². The fourth-order valence-corrected chi connectivity index (χ4v) is 5.77. The topological polar surface area (TPSA) is 121 Å². The molecule has 1 saturated heterocycles. The molecule has 2 aromatic heterocycles. The van der Waals surface area contributed by atoms with Crippen LogP contribution in [-0.2, 0) is 14.8 Å². The van der Waals surface area contributed by atoms with Gasteiger partial charge in [0.05, 0.1) is 41.3 Å². The summed E-state index contributed by atoms with van der Waals surface area (Å²) in [6.45, 7) is 2.25. The number of rotatable bonds is 8. The van der Waals surface area contributed by atoms with Gasteiger partial charge >= 0.3 is 0 Å². The standard InChI is InChI=1S/C22H27ClN6O4S/c1-32-18-11-15(34(30,31)29-7-9-33-10-8-29)5-6-17(18)26-22-27-20(24-12-14-3-2-4-14)19-16(23)13-25-21(19)28-22/h5-6,11,13-14H,2-4,7-10,12H2,1H3,(H3,24,25,26,27,28). The minimum absolute atomic E-state index is 0.159. The van der Waals surface area contributed by atoms with E-state index in [-0.39, 0.29) is 4.90 Å². The highest BCUT2D eigenvalue weighted by Gasteiger charge is 2.27. The molecule has 0 radical (unpaired) electrons. The van der Waals surface area contributed by atoms with Crippen LogP contribution in [0.3, 0.4) is 0 Å². The molecular formula is C22H27ClN6O4S. The molecule has 182 valence electrons. The molecule has 0 atom stereocenters. The Bertz CT molecular complexity index is 1290. The summed E-state index contributed by atoms with van der Waals surface area (Å²) in [5.41, 5.74) is 1.15. The lowest BCUT2D eigenvalue weighted by Gasteiger charge is -2.26. The van der Waals surface area contributed by atoms with Crippen molar-refractivity contribution in [1.29, 1.82) is 0 Å². The normalized spacial score (nSPS) is 17.5. The second-order valence-corrected chi connectivity index (χ2v) is 10.8. The van der Waals surface area contributed by atoms with Gasteiger partial charge in [0.25, 0.3) is 0 Å². The lowest BCUT2D eigenvalue weighted by atomic mass is 9.85. The number of nitrogens with zero attached hydrogens (tertiary/aromatic N) is 3. The predicted molar refractivity (Wildman–Crippen MR) is 131 cm³/mol. The average Bonchev–Trinajstić information content (AvgIpc) is 3.19. The van der Waals surface area contributed by atoms with E-state index in [0.717, 1.165) is 11.9 Å². The van der Waals surface area contributed by atoms with Crippen LogP contribution in [0.1, 0.15) is 19.3 Å². The first-order chi connectivity index (χ1) is 16.5. The molecule has 34 heavy (non-hydrogen) atoms. The Morgan fingerprint density at radius 3 is 2.76 bits per heavy atom. The number of H-pyrrole nitrogens is 1. The summed E-state index contributed by atoms with van der Waals surface area (Å²) in [6, 6.07) is 4.71. The van der Waals surface area contributed by atoms with Crippen LogP contribution in [0.2, 0.25) is 5.02 Å². The lowest BCUT2D eigenvalue weighted by molar-refractivity contribution is 0.0730. The van der Waals surface area contributed by atoms with Crippen molar-refractivity contribution in [2.75, 3.05) is 50.6 Å². The molecule has 10 nitrogen and oxygen atoms in total. The Hall–Kier alpha value is -2.60. The quantitative estimate of drug-likeness (QED) is 0.423. The minimum atomic E-state index is -3.64. The maximum absolute atomic E-state index is 13.0. The van der Waals surface area contributed by atoms with E-state index in [1.807, 2.05) is 0 Å². The van der Waals surface area contributed by atoms with Crippen molar-refractivity contribution in [2.45, 2.75) is 24.2 Å². The van der Waals surface area contributed by atoms with Crippen LogP contribution in [-0.4, -0.2) is 67.6 Å². The number of hydrogen-bond acceptors (Lipinski definition) is 8. The van der Waals surface area contributed by atoms with Gasteiger partial charge in [0.2, 0.25) is 16.0 Å². The fraction of sp³-hybridized carbons (Fsp3) is 0.455. The number of anilines is 3. The van der Waals surface area contributed by atoms with Crippen LogP contribution >= 0.6 is 11.6 Å². The molecule has 1 aromatic carbocycles. The molecule has 1 aliphatic carbocycles. The van der Waals surface area contributed by atoms with Gasteiger partial charge in [-0.15, -0.1) is 0 Å². The average molecular weight is 507 g/mol. The van der Waals surface area contributed by atoms with Crippen molar-refractivity contribution >= 4 is 50.1 Å². The van der Waals surface area contributed by atoms with Crippen LogP contribution in [0.5, 0.6) is 5.75 Å². The summed E-state index contributed by atoms with van der Waals surface area (Å²) < 4.78 is 38.2. The second-order valence-electron chi connectivity index (χ2n) is 8.44. The first-order valence-electron chi connectivity index (χ1n) is 11.3. The predicted octanol–water partition coefficient (Wildman–Crippen LogP) is 3.60. The number of hydrogen-bond donors (Lipinski definition) is 3. The highest BCUT2D eigenvalue weighted by atomic mass is 35.5. The van der Waals surface area contributed by atoms with Gasteiger partial charge in [-0.25, -0.2) is 8.42 Å². The fourth-order valence-electron chi connectivity index (χ4n) is 4.11. The first-order valence-corrected chi connectivity index (χ1v) is 13.1. The van der Waals surface area contributed by atoms with E-state index >= 15 is 0 Å². The molecule has 3 N–H and O–H groups in total. The van der Waals surface area contributed by atoms with Gasteiger partial charge in [0, 0.05) is 31.9 Å². The van der Waals surface area contributed by atoms with E-state index in [9.17, 15) is 8.42 Å². The van der Waals surface area contributed by atoms with Crippen LogP contribution in [0.25, 0.3) is 11.0 Å². The Balaban J connectivity index is 1.42. The number of halogens is 1. The van der Waals surface area contributed by atoms with Gasteiger partial charge in [0.15, 0.2) is 0 Å². The van der Waals surface area contributed by atoms with Gasteiger partial charge in [-0.1, -0.05) is 18.0 Å². The molecule has 1 saturated carbocycles. The van der Waals surface area contributed by atoms with E-state index in [4.69, 9.17) is 21.1 Å². The van der Waals surface area contributed by atoms with Crippen LogP contribution < -0.4 is 15.4 Å². The molecule has 0 bridgehead atoms. The summed E-state index contributed by atoms with van der Waals surface area (Å²) in [7, 11) is -2.15. The summed E-state index contributed by atoms with van der Waals surface area (Å²) in [5.74, 6) is 1.99. The molecule has 1 aliphatic heterocycles. The monoisotopic (exact) mass is 506 g/mol. The van der Waals surface area contributed by atoms with E-state index < -0.39 is 10.0 Å². The van der Waals surface area contributed by atoms with Gasteiger partial charge in [-0.3, -0.25) is 0 Å². The SMILES string of the molecule is COc1cc(S(=O)(=O)N2CCOCC2)ccc1Nc1nc(NCC2CCC2)c2c(Cl)c[nH]c2n1. The lowest BCUT2D eigenvalue weighted by Crippen LogP contribution is -2.40. The van der Waals surface area contributed by atoms with Crippen LogP contribution in [0, 0.1) is 5.92 Å². The highest BCUT2D eigenvalue weighted by Crippen LogP contribution is 2.34. The van der Waals surface area contributed by atoms with Crippen LogP contribution in [0.4, 0.5) is 17.5 Å². The Kier molecular flexibility index (Phi) is 6.52. The molecule has 0 amide bonds. The number of methoxy groups -OCH3 is 1. The number of morpholine rings is 1. The molecule has 3 aromatic rings. The largest absolute Gasteiger partial charge is 0.495 e. The van der Waals surface area contributed by atoms with Gasteiger partial charge in [0.1, 0.15) is 17.2 Å². The van der Waals surface area contributed by atoms with Crippen molar-refractivity contribution in [3.63, 3.8) is 0 Å². The number of aromatic nitrogens is 3. The summed E-state index contributed by atoms with van der Waals surface area (Å²) in [4.78, 5) is 12.4. The molecule has 0 spiro atoms. The summed E-state index contributed by atoms with van der Waals surface area (Å²) >= 11 is 6.36. The zero-order chi connectivity index (χ0) is 23.7. The van der Waals surface area contributed by atoms with E-state index in [2.05, 4.69) is 25.6 Å². The van der Waals surface area contributed by atoms with E-state index in [1.165, 1.54) is 36.7 Å². The Morgan fingerprint density at radius 2 is 2.06 bits per heavy atom. The number of ether oxygens (including phenoxy) is 2.